The Hall–Kier alpha value is -1.85. The van der Waals surface area contributed by atoms with Crippen molar-refractivity contribution in [2.45, 2.75) is 40.3 Å². The molecule has 0 N–H and O–H groups in total. The van der Waals surface area contributed by atoms with Crippen molar-refractivity contribution in [2.75, 3.05) is 27.4 Å². The summed E-state index contributed by atoms with van der Waals surface area (Å²) in [6, 6.07) is 6.39. The summed E-state index contributed by atoms with van der Waals surface area (Å²) in [7, 11) is 3.40. The number of ether oxygens (including phenoxy) is 2. The average molecular weight is 332 g/mol. The number of nitrogens with zero attached hydrogens (tertiary/aromatic N) is 2. The van der Waals surface area contributed by atoms with E-state index in [2.05, 4.69) is 18.7 Å². The Balaban J connectivity index is 2.21. The molecule has 0 unspecified atom stereocenters. The first-order chi connectivity index (χ1) is 11.5. The topological polar surface area (TPSA) is 47.7 Å². The molecule has 0 saturated heterocycles. The normalized spacial score (nSPS) is 11.5. The van der Waals surface area contributed by atoms with E-state index in [1.807, 2.05) is 32.0 Å². The van der Waals surface area contributed by atoms with Gasteiger partial charge in [0.05, 0.1) is 19.4 Å². The molecule has 0 aliphatic heterocycles. The molecule has 2 aromatic rings. The maximum Gasteiger partial charge on any atom is 0.226 e. The SMILES string of the molecule is COCCN(Cc1nc(-c2ccc(OC)c(C)c2)oc1C)C(C)C. The minimum atomic E-state index is 0.419. The molecule has 0 aliphatic rings. The summed E-state index contributed by atoms with van der Waals surface area (Å²) < 4.78 is 16.4. The lowest BCUT2D eigenvalue weighted by Gasteiger charge is -2.25. The minimum absolute atomic E-state index is 0.419. The van der Waals surface area contributed by atoms with Crippen LogP contribution in [0.5, 0.6) is 5.75 Å². The lowest BCUT2D eigenvalue weighted by Crippen LogP contribution is -2.33. The van der Waals surface area contributed by atoms with Gasteiger partial charge in [-0.25, -0.2) is 4.98 Å². The molecule has 1 aromatic heterocycles. The molecule has 0 aliphatic carbocycles. The third kappa shape index (κ3) is 4.36. The number of aromatic nitrogens is 1. The van der Waals surface area contributed by atoms with Crippen LogP contribution in [0.25, 0.3) is 11.5 Å². The van der Waals surface area contributed by atoms with Gasteiger partial charge in [0.15, 0.2) is 0 Å². The first kappa shape index (κ1) is 18.5. The smallest absolute Gasteiger partial charge is 0.226 e. The Kier molecular flexibility index (Phi) is 6.40. The van der Waals surface area contributed by atoms with Crippen LogP contribution in [0.3, 0.4) is 0 Å². The van der Waals surface area contributed by atoms with Gasteiger partial charge in [-0.2, -0.15) is 0 Å². The maximum absolute atomic E-state index is 5.90. The van der Waals surface area contributed by atoms with Gasteiger partial charge in [0, 0.05) is 31.8 Å². The monoisotopic (exact) mass is 332 g/mol. The van der Waals surface area contributed by atoms with E-state index in [-0.39, 0.29) is 0 Å². The Bertz CT molecular complexity index is 665. The second-order valence-electron chi connectivity index (χ2n) is 6.26. The summed E-state index contributed by atoms with van der Waals surface area (Å²) in [5, 5.41) is 0. The van der Waals surface area contributed by atoms with E-state index < -0.39 is 0 Å². The fraction of sp³-hybridized carbons (Fsp3) is 0.526. The molecule has 24 heavy (non-hydrogen) atoms. The van der Waals surface area contributed by atoms with Crippen molar-refractivity contribution in [3.8, 4) is 17.2 Å². The zero-order valence-electron chi connectivity index (χ0n) is 15.5. The number of methoxy groups -OCH3 is 2. The van der Waals surface area contributed by atoms with Crippen molar-refractivity contribution in [1.29, 1.82) is 0 Å². The number of oxazole rings is 1. The fourth-order valence-corrected chi connectivity index (χ4v) is 2.63. The molecular formula is C19H28N2O3. The van der Waals surface area contributed by atoms with E-state index in [1.54, 1.807) is 14.2 Å². The van der Waals surface area contributed by atoms with E-state index in [4.69, 9.17) is 18.9 Å². The summed E-state index contributed by atoms with van der Waals surface area (Å²) in [5.41, 5.74) is 3.01. The number of hydrogen-bond acceptors (Lipinski definition) is 5. The molecule has 1 heterocycles. The summed E-state index contributed by atoms with van der Waals surface area (Å²) in [4.78, 5) is 7.05. The Morgan fingerprint density at radius 1 is 1.21 bits per heavy atom. The second-order valence-corrected chi connectivity index (χ2v) is 6.26. The minimum Gasteiger partial charge on any atom is -0.496 e. The molecule has 5 nitrogen and oxygen atoms in total. The number of benzene rings is 1. The van der Waals surface area contributed by atoms with E-state index in [1.165, 1.54) is 0 Å². The molecule has 0 atom stereocenters. The molecule has 2 rings (SSSR count). The van der Waals surface area contributed by atoms with Crippen molar-refractivity contribution in [3.05, 3.63) is 35.2 Å². The molecular weight excluding hydrogens is 304 g/mol. The highest BCUT2D eigenvalue weighted by Crippen LogP contribution is 2.27. The van der Waals surface area contributed by atoms with E-state index in [0.29, 0.717) is 18.5 Å². The van der Waals surface area contributed by atoms with Crippen molar-refractivity contribution in [1.82, 2.24) is 9.88 Å². The summed E-state index contributed by atoms with van der Waals surface area (Å²) in [5.74, 6) is 2.39. The summed E-state index contributed by atoms with van der Waals surface area (Å²) in [6.07, 6.45) is 0. The molecule has 1 aromatic carbocycles. The van der Waals surface area contributed by atoms with Crippen LogP contribution in [-0.2, 0) is 11.3 Å². The van der Waals surface area contributed by atoms with Gasteiger partial charge in [0.2, 0.25) is 5.89 Å². The summed E-state index contributed by atoms with van der Waals surface area (Å²) in [6.45, 7) is 10.7. The highest BCUT2D eigenvalue weighted by atomic mass is 16.5. The van der Waals surface area contributed by atoms with Crippen LogP contribution in [0.2, 0.25) is 0 Å². The third-order valence-electron chi connectivity index (χ3n) is 4.20. The predicted molar refractivity (Wildman–Crippen MR) is 95.4 cm³/mol. The van der Waals surface area contributed by atoms with Gasteiger partial charge in [-0.3, -0.25) is 4.90 Å². The fourth-order valence-electron chi connectivity index (χ4n) is 2.63. The largest absolute Gasteiger partial charge is 0.496 e. The molecule has 0 spiro atoms. The molecule has 0 bridgehead atoms. The Morgan fingerprint density at radius 2 is 1.96 bits per heavy atom. The highest BCUT2D eigenvalue weighted by Gasteiger charge is 2.17. The van der Waals surface area contributed by atoms with E-state index in [9.17, 15) is 0 Å². The standard InChI is InChI=1S/C19H28N2O3/c1-13(2)21(9-10-22-5)12-17-15(4)24-19(20-17)16-7-8-18(23-6)14(3)11-16/h7-8,11,13H,9-10,12H2,1-6H3. The maximum atomic E-state index is 5.90. The lowest BCUT2D eigenvalue weighted by atomic mass is 10.1. The number of aryl methyl sites for hydroxylation is 2. The lowest BCUT2D eigenvalue weighted by molar-refractivity contribution is 0.124. The van der Waals surface area contributed by atoms with Crippen LogP contribution < -0.4 is 4.74 Å². The number of rotatable bonds is 8. The van der Waals surface area contributed by atoms with Gasteiger partial charge in [-0.05, 0) is 51.5 Å². The Morgan fingerprint density at radius 3 is 2.54 bits per heavy atom. The van der Waals surface area contributed by atoms with Gasteiger partial charge in [-0.15, -0.1) is 0 Å². The summed E-state index contributed by atoms with van der Waals surface area (Å²) >= 11 is 0. The average Bonchev–Trinajstić information content (AvgIpc) is 2.91. The molecule has 0 saturated carbocycles. The van der Waals surface area contributed by atoms with Crippen molar-refractivity contribution >= 4 is 0 Å². The van der Waals surface area contributed by atoms with Gasteiger partial charge >= 0.3 is 0 Å². The van der Waals surface area contributed by atoms with Crippen LogP contribution in [0, 0.1) is 13.8 Å². The first-order valence-electron chi connectivity index (χ1n) is 8.30. The van der Waals surface area contributed by atoms with Crippen molar-refractivity contribution < 1.29 is 13.9 Å². The van der Waals surface area contributed by atoms with Crippen LogP contribution in [0.15, 0.2) is 22.6 Å². The van der Waals surface area contributed by atoms with Gasteiger partial charge in [0.1, 0.15) is 11.5 Å². The molecule has 132 valence electrons. The highest BCUT2D eigenvalue weighted by molar-refractivity contribution is 5.57. The van der Waals surface area contributed by atoms with Gasteiger partial charge in [-0.1, -0.05) is 0 Å². The van der Waals surface area contributed by atoms with Crippen molar-refractivity contribution in [2.24, 2.45) is 0 Å². The number of hydrogen-bond donors (Lipinski definition) is 0. The molecule has 0 radical (unpaired) electrons. The molecule has 0 fully saturated rings. The molecule has 5 heteroatoms. The quantitative estimate of drug-likeness (QED) is 0.735. The van der Waals surface area contributed by atoms with Crippen LogP contribution in [-0.4, -0.2) is 43.3 Å². The zero-order valence-corrected chi connectivity index (χ0v) is 15.5. The van der Waals surface area contributed by atoms with Crippen LogP contribution in [0.4, 0.5) is 0 Å². The van der Waals surface area contributed by atoms with Crippen molar-refractivity contribution in [3.63, 3.8) is 0 Å². The second kappa shape index (κ2) is 8.31. The van der Waals surface area contributed by atoms with E-state index in [0.717, 1.165) is 41.4 Å². The first-order valence-corrected chi connectivity index (χ1v) is 8.30. The van der Waals surface area contributed by atoms with Gasteiger partial charge in [0.25, 0.3) is 0 Å². The van der Waals surface area contributed by atoms with Gasteiger partial charge < -0.3 is 13.9 Å². The van der Waals surface area contributed by atoms with Crippen LogP contribution >= 0.6 is 0 Å². The predicted octanol–water partition coefficient (Wildman–Crippen LogP) is 3.82. The Labute approximate surface area is 144 Å². The van der Waals surface area contributed by atoms with E-state index >= 15 is 0 Å². The zero-order chi connectivity index (χ0) is 17.7. The van der Waals surface area contributed by atoms with Crippen LogP contribution in [0.1, 0.15) is 30.9 Å². The third-order valence-corrected chi connectivity index (χ3v) is 4.20. The molecule has 0 amide bonds.